The number of hydrogen-bond donors (Lipinski definition) is 1. The summed E-state index contributed by atoms with van der Waals surface area (Å²) in [5.41, 5.74) is 3.89. The average molecular weight is 242 g/mol. The molecule has 2 aromatic rings. The molecule has 2 atom stereocenters. The van der Waals surface area contributed by atoms with E-state index in [2.05, 4.69) is 46.8 Å². The summed E-state index contributed by atoms with van der Waals surface area (Å²) in [6.07, 6.45) is 4.03. The summed E-state index contributed by atoms with van der Waals surface area (Å²) in [6.45, 7) is 2.24. The van der Waals surface area contributed by atoms with Crippen molar-refractivity contribution in [3.8, 4) is 0 Å². The Morgan fingerprint density at radius 3 is 3.00 bits per heavy atom. The van der Waals surface area contributed by atoms with Gasteiger partial charge in [-0.1, -0.05) is 23.4 Å². The SMILES string of the molecule is CC1CC(Cc2cnnn2C)c2ccccc2N1. The summed E-state index contributed by atoms with van der Waals surface area (Å²) in [5, 5.41) is 11.5. The van der Waals surface area contributed by atoms with E-state index >= 15 is 0 Å². The van der Waals surface area contributed by atoms with Gasteiger partial charge >= 0.3 is 0 Å². The largest absolute Gasteiger partial charge is 0.382 e. The van der Waals surface area contributed by atoms with Crippen LogP contribution < -0.4 is 5.32 Å². The first-order chi connectivity index (χ1) is 8.74. The highest BCUT2D eigenvalue weighted by Gasteiger charge is 2.24. The van der Waals surface area contributed by atoms with Gasteiger partial charge in [0.25, 0.3) is 0 Å². The molecule has 0 radical (unpaired) electrons. The first-order valence-corrected chi connectivity index (χ1v) is 6.43. The van der Waals surface area contributed by atoms with Gasteiger partial charge in [0.05, 0.1) is 11.9 Å². The molecule has 2 heterocycles. The van der Waals surface area contributed by atoms with E-state index in [0.717, 1.165) is 12.8 Å². The van der Waals surface area contributed by atoms with E-state index < -0.39 is 0 Å². The Hall–Kier alpha value is -1.84. The van der Waals surface area contributed by atoms with E-state index in [0.29, 0.717) is 12.0 Å². The Balaban J connectivity index is 1.91. The average Bonchev–Trinajstić information content (AvgIpc) is 2.75. The topological polar surface area (TPSA) is 42.7 Å². The van der Waals surface area contributed by atoms with Crippen molar-refractivity contribution in [1.29, 1.82) is 0 Å². The second kappa shape index (κ2) is 4.44. The molecular weight excluding hydrogens is 224 g/mol. The van der Waals surface area contributed by atoms with E-state index in [1.54, 1.807) is 0 Å². The van der Waals surface area contributed by atoms with E-state index in [9.17, 15) is 0 Å². The van der Waals surface area contributed by atoms with Crippen LogP contribution in [0.3, 0.4) is 0 Å². The number of benzene rings is 1. The van der Waals surface area contributed by atoms with Gasteiger partial charge in [-0.05, 0) is 37.3 Å². The highest BCUT2D eigenvalue weighted by atomic mass is 15.4. The maximum atomic E-state index is 4.01. The Morgan fingerprint density at radius 2 is 2.22 bits per heavy atom. The van der Waals surface area contributed by atoms with Crippen molar-refractivity contribution in [2.24, 2.45) is 7.05 Å². The van der Waals surface area contributed by atoms with E-state index in [1.807, 2.05) is 17.9 Å². The standard InChI is InChI=1S/C14H18N4/c1-10-7-11(8-12-9-15-17-18(12)2)13-5-3-4-6-14(13)16-10/h3-6,9-11,16H,7-8H2,1-2H3. The van der Waals surface area contributed by atoms with Crippen LogP contribution in [0.1, 0.15) is 30.5 Å². The smallest absolute Gasteiger partial charge is 0.0725 e. The third-order valence-corrected chi connectivity index (χ3v) is 3.70. The first kappa shape index (κ1) is 11.3. The summed E-state index contributed by atoms with van der Waals surface area (Å²) in [6, 6.07) is 9.12. The fraction of sp³-hybridized carbons (Fsp3) is 0.429. The fourth-order valence-corrected chi connectivity index (χ4v) is 2.80. The van der Waals surface area contributed by atoms with Crippen LogP contribution >= 0.6 is 0 Å². The number of aromatic nitrogens is 3. The number of fused-ring (bicyclic) bond motifs is 1. The van der Waals surface area contributed by atoms with Gasteiger partial charge < -0.3 is 5.32 Å². The molecule has 0 spiro atoms. The minimum atomic E-state index is 0.520. The minimum absolute atomic E-state index is 0.520. The maximum absolute atomic E-state index is 4.01. The Labute approximate surface area is 107 Å². The van der Waals surface area contributed by atoms with E-state index in [4.69, 9.17) is 0 Å². The van der Waals surface area contributed by atoms with Gasteiger partial charge in [-0.25, -0.2) is 0 Å². The van der Waals surface area contributed by atoms with Crippen LogP contribution in [0.4, 0.5) is 5.69 Å². The van der Waals surface area contributed by atoms with E-state index in [-0.39, 0.29) is 0 Å². The number of nitrogens with one attached hydrogen (secondary N) is 1. The molecule has 0 amide bonds. The maximum Gasteiger partial charge on any atom is 0.0725 e. The first-order valence-electron chi connectivity index (χ1n) is 6.43. The van der Waals surface area contributed by atoms with Crippen LogP contribution in [-0.2, 0) is 13.5 Å². The number of hydrogen-bond acceptors (Lipinski definition) is 3. The number of para-hydroxylation sites is 1. The second-order valence-corrected chi connectivity index (χ2v) is 5.12. The molecule has 94 valence electrons. The van der Waals surface area contributed by atoms with Gasteiger partial charge in [-0.2, -0.15) is 0 Å². The summed E-state index contributed by atoms with van der Waals surface area (Å²) in [5.74, 6) is 0.551. The van der Waals surface area contributed by atoms with E-state index in [1.165, 1.54) is 16.9 Å². The van der Waals surface area contributed by atoms with Crippen molar-refractivity contribution in [3.63, 3.8) is 0 Å². The normalized spacial score (nSPS) is 22.3. The van der Waals surface area contributed by atoms with Crippen molar-refractivity contribution in [1.82, 2.24) is 15.0 Å². The van der Waals surface area contributed by atoms with Crippen molar-refractivity contribution >= 4 is 5.69 Å². The Morgan fingerprint density at radius 1 is 1.39 bits per heavy atom. The van der Waals surface area contributed by atoms with Gasteiger partial charge in [0.15, 0.2) is 0 Å². The molecule has 2 unspecified atom stereocenters. The van der Waals surface area contributed by atoms with Crippen LogP contribution in [0.2, 0.25) is 0 Å². The quantitative estimate of drug-likeness (QED) is 0.879. The van der Waals surface area contributed by atoms with Gasteiger partial charge in [-0.3, -0.25) is 4.68 Å². The monoisotopic (exact) mass is 242 g/mol. The van der Waals surface area contributed by atoms with Crippen LogP contribution in [-0.4, -0.2) is 21.0 Å². The highest BCUT2D eigenvalue weighted by Crippen LogP contribution is 2.35. The molecule has 0 saturated carbocycles. The summed E-state index contributed by atoms with van der Waals surface area (Å²) in [7, 11) is 1.96. The molecule has 18 heavy (non-hydrogen) atoms. The molecule has 1 N–H and O–H groups in total. The predicted octanol–water partition coefficient (Wildman–Crippen LogP) is 2.35. The van der Waals surface area contributed by atoms with Crippen molar-refractivity contribution in [2.75, 3.05) is 5.32 Å². The van der Waals surface area contributed by atoms with Crippen LogP contribution in [0.15, 0.2) is 30.5 Å². The molecule has 1 aliphatic rings. The lowest BCUT2D eigenvalue weighted by atomic mass is 9.84. The molecule has 1 aliphatic heterocycles. The third-order valence-electron chi connectivity index (χ3n) is 3.70. The molecule has 0 fully saturated rings. The molecule has 3 rings (SSSR count). The molecule has 1 aromatic heterocycles. The fourth-order valence-electron chi connectivity index (χ4n) is 2.80. The zero-order valence-corrected chi connectivity index (χ0v) is 10.8. The Bertz CT molecular complexity index is 546. The number of anilines is 1. The number of rotatable bonds is 2. The second-order valence-electron chi connectivity index (χ2n) is 5.12. The van der Waals surface area contributed by atoms with Crippen LogP contribution in [0.5, 0.6) is 0 Å². The number of aryl methyl sites for hydroxylation is 1. The van der Waals surface area contributed by atoms with Gasteiger partial charge in [-0.15, -0.1) is 5.10 Å². The molecule has 1 aromatic carbocycles. The van der Waals surface area contributed by atoms with Crippen LogP contribution in [0.25, 0.3) is 0 Å². The summed E-state index contributed by atoms with van der Waals surface area (Å²) < 4.78 is 1.87. The molecule has 0 saturated heterocycles. The highest BCUT2D eigenvalue weighted by molar-refractivity contribution is 5.55. The molecule has 0 bridgehead atoms. The zero-order valence-electron chi connectivity index (χ0n) is 10.8. The van der Waals surface area contributed by atoms with Gasteiger partial charge in [0.1, 0.15) is 0 Å². The van der Waals surface area contributed by atoms with Gasteiger partial charge in [0, 0.05) is 18.8 Å². The lowest BCUT2D eigenvalue weighted by Gasteiger charge is -2.31. The van der Waals surface area contributed by atoms with Crippen molar-refractivity contribution in [2.45, 2.75) is 31.7 Å². The minimum Gasteiger partial charge on any atom is -0.382 e. The lowest BCUT2D eigenvalue weighted by molar-refractivity contribution is 0.532. The summed E-state index contributed by atoms with van der Waals surface area (Å²) in [4.78, 5) is 0. The molecule has 4 heteroatoms. The zero-order chi connectivity index (χ0) is 12.5. The molecular formula is C14H18N4. The lowest BCUT2D eigenvalue weighted by Crippen LogP contribution is -2.26. The third kappa shape index (κ3) is 1.98. The summed E-state index contributed by atoms with van der Waals surface area (Å²) >= 11 is 0. The van der Waals surface area contributed by atoms with Crippen LogP contribution in [0, 0.1) is 0 Å². The van der Waals surface area contributed by atoms with Crippen molar-refractivity contribution < 1.29 is 0 Å². The predicted molar refractivity (Wildman–Crippen MR) is 71.6 cm³/mol. The molecule has 0 aliphatic carbocycles. The van der Waals surface area contributed by atoms with Gasteiger partial charge in [0.2, 0.25) is 0 Å². The number of nitrogens with zero attached hydrogens (tertiary/aromatic N) is 3. The molecule has 4 nitrogen and oxygen atoms in total. The van der Waals surface area contributed by atoms with Crippen molar-refractivity contribution in [3.05, 3.63) is 41.7 Å². The Kier molecular flexibility index (Phi) is 2.78.